The number of guanidine groups is 1. The molecule has 0 spiro atoms. The van der Waals surface area contributed by atoms with Gasteiger partial charge in [0.25, 0.3) is 5.96 Å². The van der Waals surface area contributed by atoms with Gasteiger partial charge < -0.3 is 5.73 Å². The maximum Gasteiger partial charge on any atom is 0.251 e. The fourth-order valence-corrected chi connectivity index (χ4v) is 1.55. The quantitative estimate of drug-likeness (QED) is 0.198. The Morgan fingerprint density at radius 3 is 3.14 bits per heavy atom. The first kappa shape index (κ1) is 10.7. The van der Waals surface area contributed by atoms with Gasteiger partial charge in [-0.05, 0) is 0 Å². The molecule has 14 heavy (non-hydrogen) atoms. The molecule has 0 bridgehead atoms. The molecule has 0 saturated carbocycles. The topological polar surface area (TPSA) is 106 Å². The van der Waals surface area contributed by atoms with Gasteiger partial charge in [0.05, 0.1) is 6.54 Å². The van der Waals surface area contributed by atoms with Crippen molar-refractivity contribution in [2.45, 2.75) is 6.54 Å². The summed E-state index contributed by atoms with van der Waals surface area (Å²) in [6.45, 7) is 0.219. The molecule has 0 atom stereocenters. The van der Waals surface area contributed by atoms with Crippen molar-refractivity contribution in [3.05, 3.63) is 25.7 Å². The van der Waals surface area contributed by atoms with Crippen molar-refractivity contribution in [1.82, 2.24) is 10.4 Å². The largest absolute Gasteiger partial charge is 0.365 e. The maximum atomic E-state index is 9.93. The molecule has 9 heteroatoms. The van der Waals surface area contributed by atoms with Crippen LogP contribution in [0.25, 0.3) is 0 Å². The van der Waals surface area contributed by atoms with Crippen LogP contribution >= 0.6 is 22.9 Å². The van der Waals surface area contributed by atoms with Crippen LogP contribution in [0.4, 0.5) is 0 Å². The summed E-state index contributed by atoms with van der Waals surface area (Å²) in [6, 6.07) is 0. The number of nitrogens with zero attached hydrogens (tertiary/aromatic N) is 3. The standard InChI is InChI=1S/C5H6ClN5O2S/c6-4-8-1-3(14-4)2-9-5(7)10-11(12)13/h1H,2H2,(H3,7,9,10)/i5+1,7+1,10+1. The number of nitro groups is 1. The second-order valence-electron chi connectivity index (χ2n) is 2.15. The summed E-state index contributed by atoms with van der Waals surface area (Å²) in [7, 11) is 0. The third kappa shape index (κ3) is 3.54. The van der Waals surface area contributed by atoms with E-state index in [0.29, 0.717) is 4.47 Å². The van der Waals surface area contributed by atoms with Crippen LogP contribution in [0.1, 0.15) is 4.88 Å². The average Bonchev–Trinajstić information content (AvgIpc) is 2.47. The van der Waals surface area contributed by atoms with Gasteiger partial charge in [-0.3, -0.25) is 0 Å². The lowest BCUT2D eigenvalue weighted by Crippen LogP contribution is -2.36. The minimum atomic E-state index is -0.779. The van der Waals surface area contributed by atoms with Gasteiger partial charge in [0.2, 0.25) is 0 Å². The first-order chi connectivity index (χ1) is 6.58. The van der Waals surface area contributed by atoms with Crippen LogP contribution in [0.3, 0.4) is 0 Å². The molecule has 0 aliphatic heterocycles. The first-order valence-corrected chi connectivity index (χ1v) is 4.58. The zero-order valence-electron chi connectivity index (χ0n) is 6.81. The number of nitrogens with one attached hydrogen (secondary N) is 1. The lowest BCUT2D eigenvalue weighted by Gasteiger charge is -1.94. The fraction of sp³-hybridized carbons (Fsp3) is 0.200. The number of aliphatic imine (C=N–C) groups is 1. The number of rotatable bonds is 3. The molecule has 0 amide bonds. The van der Waals surface area contributed by atoms with E-state index in [0.717, 1.165) is 4.88 Å². The molecule has 0 saturated heterocycles. The Morgan fingerprint density at radius 2 is 2.64 bits per heavy atom. The van der Waals surface area contributed by atoms with Crippen molar-refractivity contribution in [2.75, 3.05) is 0 Å². The lowest BCUT2D eigenvalue weighted by molar-refractivity contribution is -0.525. The smallest absolute Gasteiger partial charge is 0.251 e. The number of thiazole rings is 1. The highest BCUT2D eigenvalue weighted by atomic mass is 35.5. The number of hydrogen-bond donors (Lipinski definition) is 2. The summed E-state index contributed by atoms with van der Waals surface area (Å²) in [5, 5.41) is 9.15. The zero-order valence-corrected chi connectivity index (χ0v) is 8.38. The van der Waals surface area contributed by atoms with Crippen LogP contribution in [0, 0.1) is 10.1 Å². The van der Waals surface area contributed by atoms with Crippen molar-refractivity contribution in [3.63, 3.8) is 0 Å². The van der Waals surface area contributed by atoms with Gasteiger partial charge in [-0.2, -0.15) is 0 Å². The van der Waals surface area contributed by atoms with E-state index in [4.69, 9.17) is 17.3 Å². The van der Waals surface area contributed by atoms with E-state index in [2.05, 4.69) is 9.98 Å². The predicted octanol–water partition coefficient (Wildman–Crippen LogP) is 0.392. The SMILES string of the molecule is [15NH2][13C](=NCc1cnc(Cl)s1)[15NH][N+](=O)[O-]. The van der Waals surface area contributed by atoms with Crippen LogP contribution in [0.5, 0.6) is 0 Å². The number of nitrogens with two attached hydrogens (primary N) is 1. The van der Waals surface area contributed by atoms with Crippen molar-refractivity contribution in [1.29, 1.82) is 0 Å². The number of halogens is 1. The molecule has 1 rings (SSSR count). The van der Waals surface area contributed by atoms with Gasteiger partial charge in [-0.1, -0.05) is 17.0 Å². The summed E-state index contributed by atoms with van der Waals surface area (Å²) >= 11 is 6.81. The fourth-order valence-electron chi connectivity index (χ4n) is 0.649. The van der Waals surface area contributed by atoms with E-state index < -0.39 is 5.03 Å². The van der Waals surface area contributed by atoms with Crippen molar-refractivity contribution >= 4 is 28.9 Å². The van der Waals surface area contributed by atoms with Gasteiger partial charge >= 0.3 is 0 Å². The highest BCUT2D eigenvalue weighted by Gasteiger charge is 2.01. The average molecular weight is 239 g/mol. The third-order valence-corrected chi connectivity index (χ3v) is 2.24. The summed E-state index contributed by atoms with van der Waals surface area (Å²) < 4.78 is 0.399. The molecule has 0 fully saturated rings. The van der Waals surface area contributed by atoms with E-state index in [1.165, 1.54) is 17.5 Å². The molecule has 1 heterocycles. The summed E-state index contributed by atoms with van der Waals surface area (Å²) in [5.74, 6) is -0.250. The Morgan fingerprint density at radius 1 is 1.93 bits per heavy atom. The van der Waals surface area contributed by atoms with Gasteiger partial charge in [-0.25, -0.2) is 20.1 Å². The molecule has 0 unspecified atom stereocenters. The molecule has 0 radical (unpaired) electrons. The van der Waals surface area contributed by atoms with Crippen LogP contribution in [-0.2, 0) is 6.54 Å². The van der Waals surface area contributed by atoms with Crippen molar-refractivity contribution in [2.24, 2.45) is 10.7 Å². The number of hydrazine groups is 1. The molecule has 1 aromatic heterocycles. The van der Waals surface area contributed by atoms with E-state index in [-0.39, 0.29) is 12.5 Å². The Hall–Kier alpha value is -1.41. The number of aromatic nitrogens is 1. The Labute approximate surface area is 87.7 Å². The molecule has 76 valence electrons. The van der Waals surface area contributed by atoms with Crippen molar-refractivity contribution in [3.8, 4) is 0 Å². The second kappa shape index (κ2) is 4.72. The second-order valence-corrected chi connectivity index (χ2v) is 3.85. The predicted molar refractivity (Wildman–Crippen MR) is 52.6 cm³/mol. The molecule has 7 nitrogen and oxygen atoms in total. The minimum Gasteiger partial charge on any atom is -0.365 e. The lowest BCUT2D eigenvalue weighted by atomic mass is 10.6. The van der Waals surface area contributed by atoms with Crippen molar-refractivity contribution < 1.29 is 5.03 Å². The van der Waals surface area contributed by atoms with Crippen LogP contribution in [-0.4, -0.2) is 16.0 Å². The molecule has 3 N–H and O–H groups in total. The summed E-state index contributed by atoms with van der Waals surface area (Å²) in [5.41, 5.74) is 6.90. The van der Waals surface area contributed by atoms with Crippen LogP contribution in [0.15, 0.2) is 11.2 Å². The van der Waals surface area contributed by atoms with Crippen LogP contribution < -0.4 is 11.2 Å². The first-order valence-electron chi connectivity index (χ1n) is 3.39. The van der Waals surface area contributed by atoms with Gasteiger partial charge in [-0.15, -0.1) is 11.3 Å². The van der Waals surface area contributed by atoms with Crippen LogP contribution in [0.2, 0.25) is 4.47 Å². The van der Waals surface area contributed by atoms with E-state index >= 15 is 0 Å². The number of hydrogen-bond acceptors (Lipinski definition) is 5. The van der Waals surface area contributed by atoms with E-state index in [9.17, 15) is 10.1 Å². The molecular weight excluding hydrogens is 233 g/mol. The highest BCUT2D eigenvalue weighted by molar-refractivity contribution is 7.15. The molecular formula is C5H6ClN5O2S. The monoisotopic (exact) mass is 238 g/mol. The molecule has 0 aromatic carbocycles. The molecule has 0 aliphatic rings. The van der Waals surface area contributed by atoms with Gasteiger partial charge in [0.1, 0.15) is 0 Å². The minimum absolute atomic E-state index is 0.219. The molecule has 1 aromatic rings. The maximum absolute atomic E-state index is 9.93. The van der Waals surface area contributed by atoms with Gasteiger partial charge in [0.15, 0.2) is 9.50 Å². The Kier molecular flexibility index (Phi) is 3.60. The zero-order chi connectivity index (χ0) is 10.6. The Balaban J connectivity index is 2.50. The third-order valence-electron chi connectivity index (χ3n) is 1.14. The summed E-state index contributed by atoms with van der Waals surface area (Å²) in [6.07, 6.45) is 1.54. The van der Waals surface area contributed by atoms with E-state index in [1.807, 2.05) is 0 Å². The molecule has 0 aliphatic carbocycles. The Bertz CT molecular complexity index is 365. The van der Waals surface area contributed by atoms with E-state index in [1.54, 1.807) is 5.43 Å². The summed E-state index contributed by atoms with van der Waals surface area (Å²) in [4.78, 5) is 18.2. The normalized spacial score (nSPS) is 11.4. The van der Waals surface area contributed by atoms with Gasteiger partial charge in [0, 0.05) is 11.1 Å². The highest BCUT2D eigenvalue weighted by Crippen LogP contribution is 2.17.